The molecular weight excluding hydrogens is 470 g/mol. The van der Waals surface area contributed by atoms with Crippen molar-refractivity contribution >= 4 is 38.8 Å². The number of aromatic nitrogens is 2. The maximum Gasteiger partial charge on any atom is 0.269 e. The molecule has 2 aliphatic rings. The van der Waals surface area contributed by atoms with Crippen LogP contribution in [0.5, 0.6) is 0 Å². The highest BCUT2D eigenvalue weighted by Gasteiger charge is 2.26. The van der Waals surface area contributed by atoms with Gasteiger partial charge >= 0.3 is 0 Å². The molecule has 0 radical (unpaired) electrons. The van der Waals surface area contributed by atoms with Crippen molar-refractivity contribution in [2.24, 2.45) is 5.92 Å². The van der Waals surface area contributed by atoms with Crippen LogP contribution in [0.1, 0.15) is 29.6 Å². The quantitative estimate of drug-likeness (QED) is 0.411. The first-order valence-electron chi connectivity index (χ1n) is 11.8. The highest BCUT2D eigenvalue weighted by atomic mass is 32.1. The third-order valence-corrected chi connectivity index (χ3v) is 7.77. The molecule has 1 saturated heterocycles. The van der Waals surface area contributed by atoms with Crippen LogP contribution in [0.15, 0.2) is 29.1 Å². The van der Waals surface area contributed by atoms with E-state index < -0.39 is 4.92 Å². The normalized spacial score (nSPS) is 18.4. The largest absolute Gasteiger partial charge is 0.379 e. The molecule has 0 saturated carbocycles. The van der Waals surface area contributed by atoms with Gasteiger partial charge in [0.2, 0.25) is 5.91 Å². The van der Waals surface area contributed by atoms with Gasteiger partial charge in [0.05, 0.1) is 30.1 Å². The minimum atomic E-state index is -0.494. The highest BCUT2D eigenvalue weighted by molar-refractivity contribution is 7.18. The third kappa shape index (κ3) is 4.97. The maximum absolute atomic E-state index is 13.7. The molecule has 3 aromatic rings. The standard InChI is InChI=1S/C24H27N5O5S/c1-15-2-7-18-19(12-15)35-23-22(18)24(31)28(20(26-23)13-27-8-10-34-11-9-27)14-21(30)25-16-3-5-17(6-4-16)29(32)33/h3-6,15H,2,7-14H2,1H3,(H,25,30). The van der Waals surface area contributed by atoms with Crippen molar-refractivity contribution in [2.75, 3.05) is 31.6 Å². The van der Waals surface area contributed by atoms with Crippen molar-refractivity contribution in [1.82, 2.24) is 14.5 Å². The molecule has 0 spiro atoms. The number of carbonyl (C=O) groups is 1. The van der Waals surface area contributed by atoms with Crippen LogP contribution in [-0.2, 0) is 35.5 Å². The van der Waals surface area contributed by atoms with E-state index in [1.54, 1.807) is 11.3 Å². The molecule has 1 amide bonds. The first-order chi connectivity index (χ1) is 16.9. The lowest BCUT2D eigenvalue weighted by Gasteiger charge is -2.27. The van der Waals surface area contributed by atoms with E-state index in [0.29, 0.717) is 42.6 Å². The second-order valence-corrected chi connectivity index (χ2v) is 10.3. The Kier molecular flexibility index (Phi) is 6.63. The van der Waals surface area contributed by atoms with Gasteiger partial charge in [0.15, 0.2) is 0 Å². The summed E-state index contributed by atoms with van der Waals surface area (Å²) in [6, 6.07) is 5.62. The number of morpholine rings is 1. The number of anilines is 1. The summed E-state index contributed by atoms with van der Waals surface area (Å²) in [6.45, 7) is 5.22. The number of thiophene rings is 1. The molecule has 35 heavy (non-hydrogen) atoms. The topological polar surface area (TPSA) is 120 Å². The Morgan fingerprint density at radius 1 is 1.29 bits per heavy atom. The first-order valence-corrected chi connectivity index (χ1v) is 12.6. The molecule has 1 N–H and O–H groups in total. The number of nitrogens with one attached hydrogen (secondary N) is 1. The fraction of sp³-hybridized carbons (Fsp3) is 0.458. The smallest absolute Gasteiger partial charge is 0.269 e. The fourth-order valence-electron chi connectivity index (χ4n) is 4.72. The number of nitro groups is 1. The number of amides is 1. The lowest BCUT2D eigenvalue weighted by Crippen LogP contribution is -2.39. The van der Waals surface area contributed by atoms with E-state index in [1.807, 2.05) is 0 Å². The van der Waals surface area contributed by atoms with E-state index in [2.05, 4.69) is 17.1 Å². The molecule has 10 nitrogen and oxygen atoms in total. The van der Waals surface area contributed by atoms with Crippen LogP contribution < -0.4 is 10.9 Å². The van der Waals surface area contributed by atoms with Gasteiger partial charge in [-0.05, 0) is 42.9 Å². The van der Waals surface area contributed by atoms with Crippen LogP contribution in [0.25, 0.3) is 10.2 Å². The molecule has 1 fully saturated rings. The van der Waals surface area contributed by atoms with Crippen LogP contribution in [0, 0.1) is 16.0 Å². The van der Waals surface area contributed by atoms with Crippen molar-refractivity contribution in [3.05, 3.63) is 61.0 Å². The summed E-state index contributed by atoms with van der Waals surface area (Å²) in [7, 11) is 0. The molecule has 5 rings (SSSR count). The predicted molar refractivity (Wildman–Crippen MR) is 133 cm³/mol. The molecule has 3 heterocycles. The number of hydrogen-bond donors (Lipinski definition) is 1. The number of nitro benzene ring substituents is 1. The van der Waals surface area contributed by atoms with Crippen LogP contribution in [0.3, 0.4) is 0 Å². The van der Waals surface area contributed by atoms with E-state index in [9.17, 15) is 19.7 Å². The van der Waals surface area contributed by atoms with Gasteiger partial charge < -0.3 is 10.1 Å². The zero-order valence-electron chi connectivity index (χ0n) is 19.5. The summed E-state index contributed by atoms with van der Waals surface area (Å²) in [5.41, 5.74) is 1.28. The number of fused-ring (bicyclic) bond motifs is 3. The molecule has 1 unspecified atom stereocenters. The van der Waals surface area contributed by atoms with Gasteiger partial charge in [0, 0.05) is 35.8 Å². The number of carbonyl (C=O) groups excluding carboxylic acids is 1. The Labute approximate surface area is 205 Å². The summed E-state index contributed by atoms with van der Waals surface area (Å²) >= 11 is 1.60. The summed E-state index contributed by atoms with van der Waals surface area (Å²) in [5, 5.41) is 14.3. The lowest BCUT2D eigenvalue weighted by molar-refractivity contribution is -0.384. The number of non-ortho nitro benzene ring substituents is 1. The molecular formula is C24H27N5O5S. The Morgan fingerprint density at radius 3 is 2.74 bits per heavy atom. The summed E-state index contributed by atoms with van der Waals surface area (Å²) in [5.74, 6) is 0.760. The minimum absolute atomic E-state index is 0.0572. The lowest BCUT2D eigenvalue weighted by atomic mass is 9.89. The first kappa shape index (κ1) is 23.6. The highest BCUT2D eigenvalue weighted by Crippen LogP contribution is 2.36. The molecule has 1 aliphatic heterocycles. The van der Waals surface area contributed by atoms with E-state index in [1.165, 1.54) is 33.7 Å². The average Bonchev–Trinajstić information content (AvgIpc) is 3.20. The van der Waals surface area contributed by atoms with Crippen molar-refractivity contribution in [3.8, 4) is 0 Å². The van der Waals surface area contributed by atoms with E-state index in [0.717, 1.165) is 42.7 Å². The molecule has 11 heteroatoms. The zero-order valence-corrected chi connectivity index (χ0v) is 20.3. The van der Waals surface area contributed by atoms with Gasteiger partial charge in [-0.3, -0.25) is 29.2 Å². The van der Waals surface area contributed by atoms with Gasteiger partial charge in [-0.2, -0.15) is 0 Å². The Balaban J connectivity index is 1.48. The Hall–Kier alpha value is -3.15. The Morgan fingerprint density at radius 2 is 2.03 bits per heavy atom. The van der Waals surface area contributed by atoms with Crippen LogP contribution in [0.2, 0.25) is 0 Å². The van der Waals surface area contributed by atoms with Crippen molar-refractivity contribution < 1.29 is 14.5 Å². The number of nitrogens with zero attached hydrogens (tertiary/aromatic N) is 4. The Bertz CT molecular complexity index is 1330. The molecule has 2 aromatic heterocycles. The summed E-state index contributed by atoms with van der Waals surface area (Å²) in [6.07, 6.45) is 2.84. The van der Waals surface area contributed by atoms with Gasteiger partial charge in [-0.1, -0.05) is 6.92 Å². The maximum atomic E-state index is 13.7. The van der Waals surface area contributed by atoms with Crippen LogP contribution in [-0.4, -0.2) is 51.6 Å². The van der Waals surface area contributed by atoms with Crippen molar-refractivity contribution in [1.29, 1.82) is 0 Å². The fourth-order valence-corrected chi connectivity index (χ4v) is 6.11. The van der Waals surface area contributed by atoms with E-state index >= 15 is 0 Å². The van der Waals surface area contributed by atoms with Crippen LogP contribution >= 0.6 is 11.3 Å². The minimum Gasteiger partial charge on any atom is -0.379 e. The zero-order chi connectivity index (χ0) is 24.5. The van der Waals surface area contributed by atoms with Crippen LogP contribution in [0.4, 0.5) is 11.4 Å². The molecule has 1 aliphatic carbocycles. The number of benzene rings is 1. The second kappa shape index (κ2) is 9.84. The van der Waals surface area contributed by atoms with Gasteiger partial charge in [-0.15, -0.1) is 11.3 Å². The number of aryl methyl sites for hydroxylation is 1. The van der Waals surface area contributed by atoms with E-state index in [-0.39, 0.29) is 23.7 Å². The predicted octanol–water partition coefficient (Wildman–Crippen LogP) is 2.96. The van der Waals surface area contributed by atoms with Gasteiger partial charge in [0.1, 0.15) is 17.2 Å². The average molecular weight is 498 g/mol. The molecule has 0 bridgehead atoms. The molecule has 1 atom stereocenters. The number of rotatable bonds is 6. The second-order valence-electron chi connectivity index (χ2n) is 9.19. The SMILES string of the molecule is CC1CCc2c(sc3nc(CN4CCOCC4)n(CC(=O)Nc4ccc([N+](=O)[O-])cc4)c(=O)c23)C1. The molecule has 184 valence electrons. The van der Waals surface area contributed by atoms with Crippen molar-refractivity contribution in [3.63, 3.8) is 0 Å². The summed E-state index contributed by atoms with van der Waals surface area (Å²) < 4.78 is 6.94. The van der Waals surface area contributed by atoms with Crippen molar-refractivity contribution in [2.45, 2.75) is 39.3 Å². The number of ether oxygens (including phenoxy) is 1. The third-order valence-electron chi connectivity index (χ3n) is 6.63. The monoisotopic (exact) mass is 497 g/mol. The van der Waals surface area contributed by atoms with E-state index in [4.69, 9.17) is 9.72 Å². The summed E-state index contributed by atoms with van der Waals surface area (Å²) in [4.78, 5) is 46.1. The van der Waals surface area contributed by atoms with Gasteiger partial charge in [-0.25, -0.2) is 4.98 Å². The molecule has 1 aromatic carbocycles. The van der Waals surface area contributed by atoms with Gasteiger partial charge in [0.25, 0.3) is 11.2 Å². The number of hydrogen-bond acceptors (Lipinski definition) is 8.